The predicted molar refractivity (Wildman–Crippen MR) is 105 cm³/mol. The summed E-state index contributed by atoms with van der Waals surface area (Å²) in [5.41, 5.74) is 1.73. The third-order valence-corrected chi connectivity index (χ3v) is 6.08. The van der Waals surface area contributed by atoms with Crippen LogP contribution in [0.1, 0.15) is 28.8 Å². The minimum absolute atomic E-state index is 0.00945. The summed E-state index contributed by atoms with van der Waals surface area (Å²) < 4.78 is 6.01. The van der Waals surface area contributed by atoms with Gasteiger partial charge >= 0.3 is 0 Å². The summed E-state index contributed by atoms with van der Waals surface area (Å²) in [6.45, 7) is 3.33. The Kier molecular flexibility index (Phi) is 6.43. The molecule has 1 aromatic carbocycles. The molecule has 1 aliphatic rings. The molecule has 2 heterocycles. The van der Waals surface area contributed by atoms with Gasteiger partial charge in [0.2, 0.25) is 5.91 Å². The summed E-state index contributed by atoms with van der Waals surface area (Å²) in [4.78, 5) is 27.4. The number of benzene rings is 1. The number of likely N-dealkylation sites (tertiary alicyclic amines) is 1. The molecular weight excluding hydrogens is 416 g/mol. The van der Waals surface area contributed by atoms with Crippen molar-refractivity contribution in [1.29, 1.82) is 0 Å². The number of hydrogen-bond acceptors (Lipinski definition) is 4. The Morgan fingerprint density at radius 1 is 1.31 bits per heavy atom. The van der Waals surface area contributed by atoms with Crippen LogP contribution in [-0.4, -0.2) is 41.6 Å². The van der Waals surface area contributed by atoms with E-state index in [0.717, 1.165) is 27.8 Å². The van der Waals surface area contributed by atoms with Gasteiger partial charge in [-0.15, -0.1) is 11.8 Å². The molecule has 7 heteroatoms. The fraction of sp³-hybridized carbons (Fsp3) is 0.368. The van der Waals surface area contributed by atoms with Gasteiger partial charge in [0.25, 0.3) is 5.91 Å². The standard InChI is InChI=1S/C19H21BrN2O3S/c1-13-10-15(20)2-3-17(13)26-12-18(23)21-16-4-7-22(8-5-16)19(24)14-6-9-25-11-14/h2-3,6,9-11,16H,4-5,7-8,12H2,1H3,(H,21,23). The summed E-state index contributed by atoms with van der Waals surface area (Å²) in [5.74, 6) is 0.429. The van der Waals surface area contributed by atoms with Crippen LogP contribution in [0.4, 0.5) is 0 Å². The van der Waals surface area contributed by atoms with E-state index in [1.165, 1.54) is 12.5 Å². The highest BCUT2D eigenvalue weighted by Crippen LogP contribution is 2.25. The van der Waals surface area contributed by atoms with E-state index in [-0.39, 0.29) is 17.9 Å². The lowest BCUT2D eigenvalue weighted by Gasteiger charge is -2.32. The Balaban J connectivity index is 1.42. The monoisotopic (exact) mass is 436 g/mol. The average molecular weight is 437 g/mol. The summed E-state index contributed by atoms with van der Waals surface area (Å²) in [6.07, 6.45) is 4.52. The highest BCUT2D eigenvalue weighted by Gasteiger charge is 2.25. The van der Waals surface area contributed by atoms with Crippen molar-refractivity contribution >= 4 is 39.5 Å². The predicted octanol–water partition coefficient (Wildman–Crippen LogP) is 3.86. The Bertz CT molecular complexity index is 771. The van der Waals surface area contributed by atoms with E-state index >= 15 is 0 Å². The smallest absolute Gasteiger partial charge is 0.257 e. The average Bonchev–Trinajstić information content (AvgIpc) is 3.16. The van der Waals surface area contributed by atoms with Crippen molar-refractivity contribution in [2.45, 2.75) is 30.7 Å². The first kappa shape index (κ1) is 19.0. The van der Waals surface area contributed by atoms with Gasteiger partial charge in [-0.2, -0.15) is 0 Å². The van der Waals surface area contributed by atoms with Gasteiger partial charge in [-0.05, 0) is 49.6 Å². The second-order valence-electron chi connectivity index (χ2n) is 6.34. The van der Waals surface area contributed by atoms with Crippen molar-refractivity contribution in [2.75, 3.05) is 18.8 Å². The zero-order chi connectivity index (χ0) is 18.5. The first-order chi connectivity index (χ1) is 12.5. The SMILES string of the molecule is Cc1cc(Br)ccc1SCC(=O)NC1CCN(C(=O)c2ccoc2)CC1. The number of carbonyl (C=O) groups is 2. The first-order valence-corrected chi connectivity index (χ1v) is 10.3. The van der Waals surface area contributed by atoms with Gasteiger partial charge < -0.3 is 14.6 Å². The van der Waals surface area contributed by atoms with Crippen LogP contribution >= 0.6 is 27.7 Å². The van der Waals surface area contributed by atoms with Gasteiger partial charge in [0.1, 0.15) is 6.26 Å². The molecule has 0 atom stereocenters. The number of nitrogens with zero attached hydrogens (tertiary/aromatic N) is 1. The molecule has 26 heavy (non-hydrogen) atoms. The van der Waals surface area contributed by atoms with E-state index in [1.54, 1.807) is 17.8 Å². The quantitative estimate of drug-likeness (QED) is 0.722. The van der Waals surface area contributed by atoms with Crippen LogP contribution in [0.3, 0.4) is 0 Å². The number of hydrogen-bond donors (Lipinski definition) is 1. The van der Waals surface area contributed by atoms with Crippen LogP contribution < -0.4 is 5.32 Å². The Morgan fingerprint density at radius 3 is 2.73 bits per heavy atom. The lowest BCUT2D eigenvalue weighted by Crippen LogP contribution is -2.46. The molecule has 0 aliphatic carbocycles. The van der Waals surface area contributed by atoms with Crippen LogP contribution in [0.2, 0.25) is 0 Å². The zero-order valence-electron chi connectivity index (χ0n) is 14.5. The molecule has 2 aromatic rings. The van der Waals surface area contributed by atoms with E-state index in [9.17, 15) is 9.59 Å². The van der Waals surface area contributed by atoms with Gasteiger partial charge in [-0.3, -0.25) is 9.59 Å². The highest BCUT2D eigenvalue weighted by atomic mass is 79.9. The summed E-state index contributed by atoms with van der Waals surface area (Å²) >= 11 is 5.00. The molecule has 138 valence electrons. The second kappa shape index (κ2) is 8.77. The van der Waals surface area contributed by atoms with E-state index in [2.05, 4.69) is 21.2 Å². The van der Waals surface area contributed by atoms with Gasteiger partial charge in [0.05, 0.1) is 17.6 Å². The lowest BCUT2D eigenvalue weighted by molar-refractivity contribution is -0.119. The van der Waals surface area contributed by atoms with Gasteiger partial charge in [0.15, 0.2) is 0 Å². The number of nitrogens with one attached hydrogen (secondary N) is 1. The highest BCUT2D eigenvalue weighted by molar-refractivity contribution is 9.10. The number of aryl methyl sites for hydroxylation is 1. The van der Waals surface area contributed by atoms with Crippen LogP contribution in [0.15, 0.2) is 50.6 Å². The fourth-order valence-electron chi connectivity index (χ4n) is 2.98. The van der Waals surface area contributed by atoms with E-state index < -0.39 is 0 Å². The molecule has 0 radical (unpaired) electrons. The maximum Gasteiger partial charge on any atom is 0.257 e. The van der Waals surface area contributed by atoms with Gasteiger partial charge in [0, 0.05) is 28.5 Å². The van der Waals surface area contributed by atoms with Crippen LogP contribution in [0, 0.1) is 6.92 Å². The Labute approximate surface area is 165 Å². The zero-order valence-corrected chi connectivity index (χ0v) is 16.9. The maximum atomic E-state index is 12.3. The molecule has 0 spiro atoms. The number of furan rings is 1. The Hall–Kier alpha value is -1.73. The van der Waals surface area contributed by atoms with Gasteiger partial charge in [-0.1, -0.05) is 15.9 Å². The first-order valence-electron chi connectivity index (χ1n) is 8.52. The number of rotatable bonds is 5. The molecule has 1 N–H and O–H groups in total. The fourth-order valence-corrected chi connectivity index (χ4v) is 4.28. The van der Waals surface area contributed by atoms with Crippen molar-refractivity contribution in [3.63, 3.8) is 0 Å². The third kappa shape index (κ3) is 4.92. The largest absolute Gasteiger partial charge is 0.472 e. The van der Waals surface area contributed by atoms with Gasteiger partial charge in [-0.25, -0.2) is 0 Å². The third-order valence-electron chi connectivity index (χ3n) is 4.41. The molecule has 1 fully saturated rings. The summed E-state index contributed by atoms with van der Waals surface area (Å²) in [6, 6.07) is 7.87. The molecule has 1 aromatic heterocycles. The lowest BCUT2D eigenvalue weighted by atomic mass is 10.0. The van der Waals surface area contributed by atoms with Crippen LogP contribution in [-0.2, 0) is 4.79 Å². The molecular formula is C19H21BrN2O3S. The molecule has 5 nitrogen and oxygen atoms in total. The molecule has 2 amide bonds. The molecule has 3 rings (SSSR count). The number of amides is 2. The molecule has 0 saturated carbocycles. The topological polar surface area (TPSA) is 62.6 Å². The maximum absolute atomic E-state index is 12.3. The summed E-state index contributed by atoms with van der Waals surface area (Å²) in [7, 11) is 0. The Morgan fingerprint density at radius 2 is 2.08 bits per heavy atom. The molecule has 0 unspecified atom stereocenters. The van der Waals surface area contributed by atoms with Crippen molar-refractivity contribution in [3.05, 3.63) is 52.4 Å². The molecule has 1 saturated heterocycles. The van der Waals surface area contributed by atoms with Crippen molar-refractivity contribution < 1.29 is 14.0 Å². The summed E-state index contributed by atoms with van der Waals surface area (Å²) in [5, 5.41) is 3.09. The number of piperidine rings is 1. The van der Waals surface area contributed by atoms with E-state index in [4.69, 9.17) is 4.42 Å². The minimum Gasteiger partial charge on any atom is -0.472 e. The molecule has 1 aliphatic heterocycles. The van der Waals surface area contributed by atoms with Crippen molar-refractivity contribution in [3.8, 4) is 0 Å². The van der Waals surface area contributed by atoms with Crippen LogP contribution in [0.5, 0.6) is 0 Å². The van der Waals surface area contributed by atoms with Crippen molar-refractivity contribution in [1.82, 2.24) is 10.2 Å². The minimum atomic E-state index is -0.00945. The van der Waals surface area contributed by atoms with Crippen LogP contribution in [0.25, 0.3) is 0 Å². The second-order valence-corrected chi connectivity index (χ2v) is 8.28. The van der Waals surface area contributed by atoms with E-state index in [0.29, 0.717) is 24.4 Å². The normalized spacial score (nSPS) is 15.1. The number of halogens is 1. The molecule has 0 bridgehead atoms. The van der Waals surface area contributed by atoms with Crippen molar-refractivity contribution in [2.24, 2.45) is 0 Å². The number of thioether (sulfide) groups is 1. The number of carbonyl (C=O) groups excluding carboxylic acids is 2. The van der Waals surface area contributed by atoms with E-state index in [1.807, 2.05) is 30.0 Å².